The van der Waals surface area contributed by atoms with Crippen LogP contribution < -0.4 is 15.9 Å². The topological polar surface area (TPSA) is 94.5 Å². The molecule has 1 heterocycles. The molecule has 108 valence electrons. The molecule has 1 aromatic heterocycles. The quantitative estimate of drug-likeness (QED) is 0.780. The SMILES string of the molecule is CCn1cc(C(=O)O)c(=O)c2ccc(OCCN)cc21.[NaH]. The maximum absolute atomic E-state index is 12.1. The van der Waals surface area contributed by atoms with Gasteiger partial charge < -0.3 is 20.1 Å². The molecule has 0 aliphatic heterocycles. The number of rotatable bonds is 5. The monoisotopic (exact) mass is 300 g/mol. The molecule has 21 heavy (non-hydrogen) atoms. The van der Waals surface area contributed by atoms with Crippen molar-refractivity contribution in [1.29, 1.82) is 0 Å². The van der Waals surface area contributed by atoms with E-state index in [1.54, 1.807) is 22.8 Å². The van der Waals surface area contributed by atoms with Gasteiger partial charge in [-0.1, -0.05) is 0 Å². The van der Waals surface area contributed by atoms with Gasteiger partial charge in [-0.25, -0.2) is 4.79 Å². The van der Waals surface area contributed by atoms with Gasteiger partial charge in [-0.05, 0) is 19.1 Å². The average Bonchev–Trinajstić information content (AvgIpc) is 2.45. The molecule has 0 spiro atoms. The molecular weight excluding hydrogens is 283 g/mol. The second-order valence-electron chi connectivity index (χ2n) is 4.28. The van der Waals surface area contributed by atoms with Gasteiger partial charge in [0.2, 0.25) is 5.43 Å². The molecule has 7 heteroatoms. The predicted octanol–water partition coefficient (Wildman–Crippen LogP) is 0.409. The first-order chi connectivity index (χ1) is 9.58. The number of carboxylic acid groups (broad SMARTS) is 1. The van der Waals surface area contributed by atoms with Crippen LogP contribution in [-0.2, 0) is 6.54 Å². The Morgan fingerprint density at radius 2 is 2.14 bits per heavy atom. The first kappa shape index (κ1) is 17.7. The number of hydrogen-bond donors (Lipinski definition) is 2. The van der Waals surface area contributed by atoms with Gasteiger partial charge in [0.25, 0.3) is 0 Å². The number of aryl methyl sites for hydroxylation is 1. The Labute approximate surface area is 143 Å². The summed E-state index contributed by atoms with van der Waals surface area (Å²) in [5.41, 5.74) is 5.32. The molecule has 3 N–H and O–H groups in total. The number of aromatic carboxylic acids is 1. The molecule has 0 fully saturated rings. The number of pyridine rings is 1. The fourth-order valence-corrected chi connectivity index (χ4v) is 2.05. The zero-order valence-electron chi connectivity index (χ0n) is 11.1. The number of aromatic nitrogens is 1. The van der Waals surface area contributed by atoms with Crippen molar-refractivity contribution >= 4 is 46.4 Å². The molecule has 0 saturated heterocycles. The van der Waals surface area contributed by atoms with Crippen LogP contribution in [0, 0.1) is 0 Å². The van der Waals surface area contributed by atoms with Crippen LogP contribution in [0.5, 0.6) is 5.75 Å². The Bertz CT molecular complexity index is 712. The second kappa shape index (κ2) is 7.61. The zero-order chi connectivity index (χ0) is 14.7. The van der Waals surface area contributed by atoms with Crippen LogP contribution in [0.2, 0.25) is 0 Å². The first-order valence-corrected chi connectivity index (χ1v) is 6.31. The van der Waals surface area contributed by atoms with Crippen molar-refractivity contribution in [2.45, 2.75) is 13.5 Å². The van der Waals surface area contributed by atoms with Crippen LogP contribution >= 0.6 is 0 Å². The van der Waals surface area contributed by atoms with Crippen LogP contribution in [0.1, 0.15) is 17.3 Å². The fraction of sp³-hybridized carbons (Fsp3) is 0.286. The van der Waals surface area contributed by atoms with Gasteiger partial charge >= 0.3 is 35.5 Å². The third-order valence-electron chi connectivity index (χ3n) is 3.01. The summed E-state index contributed by atoms with van der Waals surface area (Å²) in [5, 5.41) is 9.43. The maximum atomic E-state index is 12.1. The summed E-state index contributed by atoms with van der Waals surface area (Å²) < 4.78 is 7.14. The van der Waals surface area contributed by atoms with E-state index in [2.05, 4.69) is 0 Å². The standard InChI is InChI=1S/C14H16N2O4.Na.H/c1-2-16-8-11(14(18)19)13(17)10-4-3-9(7-12(10)16)20-6-5-15;;/h3-4,7-8H,2,5-6,15H2,1H3,(H,18,19);;. The van der Waals surface area contributed by atoms with E-state index in [1.165, 1.54) is 6.20 Å². The van der Waals surface area contributed by atoms with Crippen molar-refractivity contribution < 1.29 is 14.6 Å². The summed E-state index contributed by atoms with van der Waals surface area (Å²) in [4.78, 5) is 23.2. The van der Waals surface area contributed by atoms with E-state index < -0.39 is 11.4 Å². The Balaban J connectivity index is 0.00000220. The molecule has 0 aliphatic rings. The molecule has 2 aromatic rings. The van der Waals surface area contributed by atoms with E-state index in [9.17, 15) is 9.59 Å². The van der Waals surface area contributed by atoms with Gasteiger partial charge in [-0.15, -0.1) is 0 Å². The van der Waals surface area contributed by atoms with E-state index in [1.807, 2.05) is 6.92 Å². The van der Waals surface area contributed by atoms with Gasteiger partial charge in [0, 0.05) is 30.7 Å². The number of nitrogens with two attached hydrogens (primary N) is 1. The minimum atomic E-state index is -1.22. The van der Waals surface area contributed by atoms with Gasteiger partial charge in [-0.2, -0.15) is 0 Å². The third-order valence-corrected chi connectivity index (χ3v) is 3.01. The van der Waals surface area contributed by atoms with E-state index in [0.29, 0.717) is 36.3 Å². The average molecular weight is 300 g/mol. The molecule has 0 saturated carbocycles. The number of hydrogen-bond acceptors (Lipinski definition) is 4. The van der Waals surface area contributed by atoms with Crippen molar-refractivity contribution in [3.63, 3.8) is 0 Å². The summed E-state index contributed by atoms with van der Waals surface area (Å²) in [7, 11) is 0. The number of benzene rings is 1. The number of carboxylic acids is 1. The van der Waals surface area contributed by atoms with Crippen molar-refractivity contribution in [2.24, 2.45) is 5.73 Å². The van der Waals surface area contributed by atoms with Crippen LogP contribution in [0.4, 0.5) is 0 Å². The van der Waals surface area contributed by atoms with E-state index in [4.69, 9.17) is 15.6 Å². The molecular formula is C14H17N2NaO4. The Morgan fingerprint density at radius 1 is 1.43 bits per heavy atom. The van der Waals surface area contributed by atoms with E-state index in [0.717, 1.165) is 0 Å². The molecule has 0 amide bonds. The summed E-state index contributed by atoms with van der Waals surface area (Å²) >= 11 is 0. The molecule has 6 nitrogen and oxygen atoms in total. The van der Waals surface area contributed by atoms with Crippen molar-refractivity contribution in [3.8, 4) is 5.75 Å². The normalized spacial score (nSPS) is 10.2. The molecule has 0 aliphatic carbocycles. The summed E-state index contributed by atoms with van der Waals surface area (Å²) in [6.45, 7) is 3.21. The Kier molecular flexibility index (Phi) is 6.42. The van der Waals surface area contributed by atoms with Crippen molar-refractivity contribution in [1.82, 2.24) is 4.57 Å². The Hall–Kier alpha value is -1.34. The van der Waals surface area contributed by atoms with E-state index >= 15 is 0 Å². The zero-order valence-corrected chi connectivity index (χ0v) is 11.1. The Morgan fingerprint density at radius 3 is 2.71 bits per heavy atom. The molecule has 1 aromatic carbocycles. The summed E-state index contributed by atoms with van der Waals surface area (Å²) in [5.74, 6) is -0.616. The van der Waals surface area contributed by atoms with Crippen LogP contribution in [0.25, 0.3) is 10.9 Å². The van der Waals surface area contributed by atoms with Crippen molar-refractivity contribution in [2.75, 3.05) is 13.2 Å². The van der Waals surface area contributed by atoms with Crippen LogP contribution in [-0.4, -0.2) is 58.4 Å². The predicted molar refractivity (Wildman–Crippen MR) is 82.5 cm³/mol. The molecule has 0 unspecified atom stereocenters. The van der Waals surface area contributed by atoms with Gasteiger partial charge in [-0.3, -0.25) is 4.79 Å². The number of ether oxygens (including phenoxy) is 1. The number of fused-ring (bicyclic) bond motifs is 1. The van der Waals surface area contributed by atoms with Crippen LogP contribution in [0.15, 0.2) is 29.2 Å². The van der Waals surface area contributed by atoms with Gasteiger partial charge in [0.1, 0.15) is 17.9 Å². The van der Waals surface area contributed by atoms with E-state index in [-0.39, 0.29) is 35.1 Å². The molecule has 0 bridgehead atoms. The number of nitrogens with zero attached hydrogens (tertiary/aromatic N) is 1. The van der Waals surface area contributed by atoms with Crippen LogP contribution in [0.3, 0.4) is 0 Å². The molecule has 0 radical (unpaired) electrons. The first-order valence-electron chi connectivity index (χ1n) is 6.31. The van der Waals surface area contributed by atoms with Gasteiger partial charge in [0.15, 0.2) is 0 Å². The third kappa shape index (κ3) is 3.65. The van der Waals surface area contributed by atoms with Crippen molar-refractivity contribution in [3.05, 3.63) is 40.2 Å². The van der Waals surface area contributed by atoms with Gasteiger partial charge in [0.05, 0.1) is 5.52 Å². The number of carbonyl (C=O) groups is 1. The molecule has 2 rings (SSSR count). The summed E-state index contributed by atoms with van der Waals surface area (Å²) in [6, 6.07) is 4.95. The second-order valence-corrected chi connectivity index (χ2v) is 4.28. The summed E-state index contributed by atoms with van der Waals surface area (Å²) in [6.07, 6.45) is 1.36. The minimum absolute atomic E-state index is 0. The molecule has 0 atom stereocenters. The fourth-order valence-electron chi connectivity index (χ4n) is 2.05.